The Kier molecular flexibility index (Phi) is 6.87. The first-order valence-corrected chi connectivity index (χ1v) is 10.4. The lowest BCUT2D eigenvalue weighted by Gasteiger charge is -2.31. The Bertz CT molecular complexity index is 549. The maximum absolute atomic E-state index is 11.9. The number of carbonyl (C=O) groups excluding carboxylic acids is 2. The number of likely N-dealkylation sites (tertiary alicyclic amines) is 1. The molecule has 3 rings (SSSR count). The second kappa shape index (κ2) is 9.34. The smallest absolute Gasteiger partial charge is 0.223 e. The lowest BCUT2D eigenvalue weighted by molar-refractivity contribution is -0.123. The van der Waals surface area contributed by atoms with E-state index in [0.717, 1.165) is 58.3 Å². The molecule has 0 bridgehead atoms. The maximum atomic E-state index is 11.9. The molecule has 0 radical (unpaired) electrons. The number of thiophene rings is 1. The third-order valence-corrected chi connectivity index (χ3v) is 5.94. The molecule has 138 valence electrons. The van der Waals surface area contributed by atoms with Crippen molar-refractivity contribution in [2.75, 3.05) is 26.2 Å². The second-order valence-corrected chi connectivity index (χ2v) is 8.30. The lowest BCUT2D eigenvalue weighted by atomic mass is 9.96. The summed E-state index contributed by atoms with van der Waals surface area (Å²) in [6, 6.07) is 4.31. The average Bonchev–Trinajstić information content (AvgIpc) is 3.36. The molecule has 2 aliphatic rings. The first-order valence-electron chi connectivity index (χ1n) is 9.50. The summed E-state index contributed by atoms with van der Waals surface area (Å²) in [7, 11) is 0. The van der Waals surface area contributed by atoms with Gasteiger partial charge in [0.05, 0.1) is 0 Å². The van der Waals surface area contributed by atoms with E-state index in [-0.39, 0.29) is 17.7 Å². The Morgan fingerprint density at radius 2 is 1.96 bits per heavy atom. The Hall–Kier alpha value is -1.40. The van der Waals surface area contributed by atoms with E-state index in [1.165, 1.54) is 4.88 Å². The van der Waals surface area contributed by atoms with Crippen molar-refractivity contribution in [2.45, 2.75) is 45.1 Å². The van der Waals surface area contributed by atoms with Crippen LogP contribution in [-0.4, -0.2) is 42.9 Å². The summed E-state index contributed by atoms with van der Waals surface area (Å²) in [5.41, 5.74) is 0. The Labute approximate surface area is 154 Å². The monoisotopic (exact) mass is 363 g/mol. The number of amides is 2. The summed E-state index contributed by atoms with van der Waals surface area (Å²) in [5.74, 6) is 1.12. The molecule has 1 aliphatic carbocycles. The van der Waals surface area contributed by atoms with Gasteiger partial charge in [-0.3, -0.25) is 14.5 Å². The number of hydrogen-bond acceptors (Lipinski definition) is 4. The summed E-state index contributed by atoms with van der Waals surface area (Å²) in [6.45, 7) is 4.70. The molecule has 25 heavy (non-hydrogen) atoms. The number of nitrogens with zero attached hydrogens (tertiary/aromatic N) is 1. The molecule has 5 nitrogen and oxygen atoms in total. The molecule has 2 heterocycles. The van der Waals surface area contributed by atoms with Gasteiger partial charge in [-0.05, 0) is 62.6 Å². The van der Waals surface area contributed by atoms with Gasteiger partial charge in [0, 0.05) is 36.9 Å². The highest BCUT2D eigenvalue weighted by molar-refractivity contribution is 7.09. The highest BCUT2D eigenvalue weighted by Crippen LogP contribution is 2.28. The summed E-state index contributed by atoms with van der Waals surface area (Å²) in [4.78, 5) is 27.4. The first-order chi connectivity index (χ1) is 12.2. The van der Waals surface area contributed by atoms with Crippen LogP contribution in [0.4, 0.5) is 0 Å². The first kappa shape index (κ1) is 18.4. The zero-order chi connectivity index (χ0) is 17.5. The topological polar surface area (TPSA) is 61.4 Å². The molecule has 2 fully saturated rings. The van der Waals surface area contributed by atoms with Gasteiger partial charge in [0.25, 0.3) is 0 Å². The minimum atomic E-state index is 0.113. The van der Waals surface area contributed by atoms with Gasteiger partial charge < -0.3 is 10.6 Å². The highest BCUT2D eigenvalue weighted by Gasteiger charge is 2.29. The van der Waals surface area contributed by atoms with Crippen LogP contribution in [0.15, 0.2) is 17.5 Å². The van der Waals surface area contributed by atoms with E-state index in [0.29, 0.717) is 18.9 Å². The fraction of sp³-hybridized carbons (Fsp3) is 0.684. The van der Waals surface area contributed by atoms with Gasteiger partial charge in [-0.1, -0.05) is 6.07 Å². The van der Waals surface area contributed by atoms with Gasteiger partial charge >= 0.3 is 0 Å². The Morgan fingerprint density at radius 3 is 2.64 bits per heavy atom. The molecule has 1 aromatic heterocycles. The number of hydrogen-bond donors (Lipinski definition) is 2. The molecule has 0 unspecified atom stereocenters. The number of carbonyl (C=O) groups is 2. The van der Waals surface area contributed by atoms with Crippen molar-refractivity contribution in [3.8, 4) is 0 Å². The van der Waals surface area contributed by atoms with E-state index in [4.69, 9.17) is 0 Å². The van der Waals surface area contributed by atoms with Crippen LogP contribution in [0.3, 0.4) is 0 Å². The summed E-state index contributed by atoms with van der Waals surface area (Å²) < 4.78 is 0. The van der Waals surface area contributed by atoms with Crippen LogP contribution in [0.5, 0.6) is 0 Å². The quantitative estimate of drug-likeness (QED) is 0.662. The van der Waals surface area contributed by atoms with Crippen molar-refractivity contribution in [3.63, 3.8) is 0 Å². The molecule has 1 aliphatic heterocycles. The van der Waals surface area contributed by atoms with Gasteiger partial charge in [0.15, 0.2) is 0 Å². The number of nitrogens with one attached hydrogen (secondary N) is 2. The molecule has 0 atom stereocenters. The summed E-state index contributed by atoms with van der Waals surface area (Å²) >= 11 is 1.82. The standard InChI is InChI=1S/C19H29N3O2S/c23-18(4-1-9-20-19(24)16-5-6-16)21-13-15-7-10-22(11-8-15)14-17-3-2-12-25-17/h2-3,12,15-16H,1,4-11,13-14H2,(H,20,24)(H,21,23). The number of rotatable bonds is 9. The molecule has 2 amide bonds. The van der Waals surface area contributed by atoms with E-state index >= 15 is 0 Å². The van der Waals surface area contributed by atoms with Crippen molar-refractivity contribution >= 4 is 23.2 Å². The lowest BCUT2D eigenvalue weighted by Crippen LogP contribution is -2.38. The molecule has 0 spiro atoms. The summed E-state index contributed by atoms with van der Waals surface area (Å²) in [6.07, 6.45) is 5.59. The van der Waals surface area contributed by atoms with E-state index in [1.807, 2.05) is 11.3 Å². The van der Waals surface area contributed by atoms with E-state index < -0.39 is 0 Å². The van der Waals surface area contributed by atoms with Crippen LogP contribution in [-0.2, 0) is 16.1 Å². The minimum absolute atomic E-state index is 0.113. The van der Waals surface area contributed by atoms with E-state index in [1.54, 1.807) is 0 Å². The van der Waals surface area contributed by atoms with Gasteiger partial charge in [0.2, 0.25) is 11.8 Å². The molecule has 1 aromatic rings. The molecular weight excluding hydrogens is 334 g/mol. The zero-order valence-corrected chi connectivity index (χ0v) is 15.7. The fourth-order valence-corrected chi connectivity index (χ4v) is 4.01. The molecule has 6 heteroatoms. The van der Waals surface area contributed by atoms with Crippen molar-refractivity contribution in [2.24, 2.45) is 11.8 Å². The molecule has 2 N–H and O–H groups in total. The fourth-order valence-electron chi connectivity index (χ4n) is 3.27. The predicted octanol–water partition coefficient (Wildman–Crippen LogP) is 2.38. The predicted molar refractivity (Wildman–Crippen MR) is 100 cm³/mol. The van der Waals surface area contributed by atoms with Gasteiger partial charge in [-0.2, -0.15) is 0 Å². The maximum Gasteiger partial charge on any atom is 0.223 e. The Balaban J connectivity index is 1.21. The molecule has 1 saturated carbocycles. The molecular formula is C19H29N3O2S. The second-order valence-electron chi connectivity index (χ2n) is 7.27. The SMILES string of the molecule is O=C(CCCNC(=O)C1CC1)NCC1CCN(Cc2cccs2)CC1. The van der Waals surface area contributed by atoms with Crippen molar-refractivity contribution < 1.29 is 9.59 Å². The van der Waals surface area contributed by atoms with Gasteiger partial charge in [0.1, 0.15) is 0 Å². The average molecular weight is 364 g/mol. The van der Waals surface area contributed by atoms with Gasteiger partial charge in [-0.25, -0.2) is 0 Å². The van der Waals surface area contributed by atoms with E-state index in [2.05, 4.69) is 33.0 Å². The highest BCUT2D eigenvalue weighted by atomic mass is 32.1. The summed E-state index contributed by atoms with van der Waals surface area (Å²) in [5, 5.41) is 8.11. The third kappa shape index (κ3) is 6.44. The van der Waals surface area contributed by atoms with Crippen LogP contribution in [0.1, 0.15) is 43.4 Å². The normalized spacial score (nSPS) is 18.9. The molecule has 1 saturated heterocycles. The minimum Gasteiger partial charge on any atom is -0.356 e. The van der Waals surface area contributed by atoms with Crippen molar-refractivity contribution in [1.29, 1.82) is 0 Å². The van der Waals surface area contributed by atoms with Crippen molar-refractivity contribution in [3.05, 3.63) is 22.4 Å². The van der Waals surface area contributed by atoms with Gasteiger partial charge in [-0.15, -0.1) is 11.3 Å². The molecule has 0 aromatic carbocycles. The van der Waals surface area contributed by atoms with Crippen LogP contribution < -0.4 is 10.6 Å². The zero-order valence-electron chi connectivity index (χ0n) is 14.8. The Morgan fingerprint density at radius 1 is 1.16 bits per heavy atom. The van der Waals surface area contributed by atoms with Crippen molar-refractivity contribution in [1.82, 2.24) is 15.5 Å². The third-order valence-electron chi connectivity index (χ3n) is 5.08. The van der Waals surface area contributed by atoms with Crippen LogP contribution >= 0.6 is 11.3 Å². The van der Waals surface area contributed by atoms with Crippen LogP contribution in [0.25, 0.3) is 0 Å². The van der Waals surface area contributed by atoms with Crippen LogP contribution in [0, 0.1) is 11.8 Å². The largest absolute Gasteiger partial charge is 0.356 e. The number of piperidine rings is 1. The van der Waals surface area contributed by atoms with E-state index in [9.17, 15) is 9.59 Å². The van der Waals surface area contributed by atoms with Crippen LogP contribution in [0.2, 0.25) is 0 Å².